The van der Waals surface area contributed by atoms with Crippen molar-refractivity contribution in [1.29, 1.82) is 0 Å². The Hall–Kier alpha value is -3.55. The molecule has 0 aliphatic carbocycles. The molecule has 0 N–H and O–H groups in total. The molecule has 2 nitrogen and oxygen atoms in total. The van der Waals surface area contributed by atoms with E-state index in [1.165, 1.54) is 28.0 Å². The highest BCUT2D eigenvalue weighted by Gasteiger charge is 2.42. The van der Waals surface area contributed by atoms with Crippen LogP contribution in [-0.2, 0) is 0 Å². The van der Waals surface area contributed by atoms with Gasteiger partial charge in [0.15, 0.2) is 5.76 Å². The third-order valence-electron chi connectivity index (χ3n) is 5.80. The average Bonchev–Trinajstić information content (AvgIpc) is 3.35. The zero-order chi connectivity index (χ0) is 22.0. The van der Waals surface area contributed by atoms with Gasteiger partial charge in [-0.3, -0.25) is 0 Å². The van der Waals surface area contributed by atoms with E-state index in [0.29, 0.717) is 11.7 Å². The fourth-order valence-corrected chi connectivity index (χ4v) is 7.50. The van der Waals surface area contributed by atoms with Crippen molar-refractivity contribution in [1.82, 2.24) is 4.98 Å². The van der Waals surface area contributed by atoms with Crippen molar-refractivity contribution >= 4 is 23.2 Å². The van der Waals surface area contributed by atoms with E-state index in [2.05, 4.69) is 78.4 Å². The number of halogens is 1. The standard InChI is InChI=1S/C28H22FNOP/c1-32(23-10-4-2-5-11-23,24-12-6-3-7-13-24)27-15-9-8-14-25(27)28-30-20-26(31-28)21-16-18-22(29)19-17-21/h2-20H,1H3/q+1. The van der Waals surface area contributed by atoms with Crippen LogP contribution in [0.15, 0.2) is 120 Å². The first-order valence-corrected chi connectivity index (χ1v) is 12.7. The van der Waals surface area contributed by atoms with E-state index in [-0.39, 0.29) is 5.82 Å². The van der Waals surface area contributed by atoms with Gasteiger partial charge >= 0.3 is 0 Å². The first-order valence-electron chi connectivity index (χ1n) is 10.5. The zero-order valence-electron chi connectivity index (χ0n) is 17.7. The third kappa shape index (κ3) is 3.66. The van der Waals surface area contributed by atoms with Crippen LogP contribution in [0, 0.1) is 5.82 Å². The monoisotopic (exact) mass is 438 g/mol. The van der Waals surface area contributed by atoms with E-state index in [4.69, 9.17) is 4.42 Å². The Morgan fingerprint density at radius 1 is 0.688 bits per heavy atom. The van der Waals surface area contributed by atoms with Gasteiger partial charge in [0.05, 0.1) is 18.4 Å². The maximum Gasteiger partial charge on any atom is 0.230 e. The summed E-state index contributed by atoms with van der Waals surface area (Å²) in [6.45, 7) is 2.35. The van der Waals surface area contributed by atoms with Gasteiger partial charge in [-0.1, -0.05) is 48.5 Å². The number of nitrogens with zero attached hydrogens (tertiary/aromatic N) is 1. The summed E-state index contributed by atoms with van der Waals surface area (Å²) in [4.78, 5) is 4.60. The van der Waals surface area contributed by atoms with Gasteiger partial charge in [-0.15, -0.1) is 0 Å². The molecule has 0 amide bonds. The van der Waals surface area contributed by atoms with Gasteiger partial charge in [-0.2, -0.15) is 0 Å². The Morgan fingerprint density at radius 3 is 1.88 bits per heavy atom. The smallest absolute Gasteiger partial charge is 0.230 e. The molecule has 0 spiro atoms. The van der Waals surface area contributed by atoms with Gasteiger partial charge < -0.3 is 4.42 Å². The van der Waals surface area contributed by atoms with E-state index >= 15 is 0 Å². The second-order valence-corrected chi connectivity index (χ2v) is 11.3. The van der Waals surface area contributed by atoms with Gasteiger partial charge in [0, 0.05) is 5.56 Å². The van der Waals surface area contributed by atoms with E-state index in [0.717, 1.165) is 11.1 Å². The lowest BCUT2D eigenvalue weighted by Gasteiger charge is -2.24. The molecular weight excluding hydrogens is 416 g/mol. The molecule has 0 aliphatic rings. The number of hydrogen-bond donors (Lipinski definition) is 0. The predicted molar refractivity (Wildman–Crippen MR) is 132 cm³/mol. The summed E-state index contributed by atoms with van der Waals surface area (Å²) in [7, 11) is -1.95. The second kappa shape index (κ2) is 8.53. The highest BCUT2D eigenvalue weighted by Crippen LogP contribution is 2.53. The summed E-state index contributed by atoms with van der Waals surface area (Å²) in [5, 5.41) is 3.80. The summed E-state index contributed by atoms with van der Waals surface area (Å²) < 4.78 is 19.5. The number of aromatic nitrogens is 1. The summed E-state index contributed by atoms with van der Waals surface area (Å²) in [5.74, 6) is 0.914. The Bertz CT molecular complexity index is 1290. The van der Waals surface area contributed by atoms with E-state index in [1.54, 1.807) is 18.3 Å². The summed E-state index contributed by atoms with van der Waals surface area (Å²) in [6, 6.07) is 35.9. The molecule has 0 bridgehead atoms. The van der Waals surface area contributed by atoms with Crippen molar-refractivity contribution < 1.29 is 8.81 Å². The molecule has 0 aliphatic heterocycles. The Labute approximate surface area is 187 Å². The third-order valence-corrected chi connectivity index (χ3v) is 9.81. The quantitative estimate of drug-likeness (QED) is 0.311. The van der Waals surface area contributed by atoms with E-state index < -0.39 is 7.26 Å². The van der Waals surface area contributed by atoms with Crippen molar-refractivity contribution in [3.8, 4) is 22.8 Å². The molecule has 1 heterocycles. The lowest BCUT2D eigenvalue weighted by molar-refractivity contribution is 0.588. The minimum Gasteiger partial charge on any atom is -0.436 e. The van der Waals surface area contributed by atoms with Crippen molar-refractivity contribution in [3.05, 3.63) is 121 Å². The summed E-state index contributed by atoms with van der Waals surface area (Å²) >= 11 is 0. The molecule has 32 heavy (non-hydrogen) atoms. The fourth-order valence-electron chi connectivity index (χ4n) is 4.07. The van der Waals surface area contributed by atoms with Gasteiger partial charge in [0.2, 0.25) is 5.89 Å². The normalized spacial score (nSPS) is 11.4. The van der Waals surface area contributed by atoms with Crippen molar-refractivity contribution in [2.75, 3.05) is 6.66 Å². The number of hydrogen-bond acceptors (Lipinski definition) is 2. The van der Waals surface area contributed by atoms with Gasteiger partial charge in [0.25, 0.3) is 0 Å². The number of benzene rings is 4. The zero-order valence-corrected chi connectivity index (χ0v) is 18.5. The Balaban J connectivity index is 1.68. The minimum atomic E-state index is -1.95. The maximum absolute atomic E-state index is 13.3. The number of rotatable bonds is 5. The first-order chi connectivity index (χ1) is 15.7. The molecule has 5 rings (SSSR count). The average molecular weight is 438 g/mol. The highest BCUT2D eigenvalue weighted by molar-refractivity contribution is 7.95. The van der Waals surface area contributed by atoms with Crippen LogP contribution < -0.4 is 15.9 Å². The van der Waals surface area contributed by atoms with Crippen LogP contribution in [0.1, 0.15) is 0 Å². The van der Waals surface area contributed by atoms with Crippen LogP contribution in [0.5, 0.6) is 0 Å². The van der Waals surface area contributed by atoms with E-state index in [9.17, 15) is 4.39 Å². The first kappa shape index (κ1) is 20.4. The SMILES string of the molecule is C[P+](c1ccccc1)(c1ccccc1)c1ccccc1-c1ncc(-c2ccc(F)cc2)o1. The van der Waals surface area contributed by atoms with Crippen molar-refractivity contribution in [3.63, 3.8) is 0 Å². The van der Waals surface area contributed by atoms with Gasteiger partial charge in [0.1, 0.15) is 29.0 Å². The van der Waals surface area contributed by atoms with Gasteiger partial charge in [-0.05, 0) is 60.7 Å². The van der Waals surface area contributed by atoms with Crippen LogP contribution in [0.3, 0.4) is 0 Å². The molecule has 0 saturated carbocycles. The van der Waals surface area contributed by atoms with Crippen LogP contribution in [0.25, 0.3) is 22.8 Å². The maximum atomic E-state index is 13.3. The van der Waals surface area contributed by atoms with Gasteiger partial charge in [-0.25, -0.2) is 9.37 Å². The molecule has 5 aromatic rings. The Morgan fingerprint density at radius 2 is 1.25 bits per heavy atom. The molecule has 0 saturated heterocycles. The van der Waals surface area contributed by atoms with Crippen molar-refractivity contribution in [2.45, 2.75) is 0 Å². The molecule has 0 atom stereocenters. The number of oxazole rings is 1. The lowest BCUT2D eigenvalue weighted by Crippen LogP contribution is -2.31. The topological polar surface area (TPSA) is 26.0 Å². The molecule has 0 unspecified atom stereocenters. The molecule has 1 aromatic heterocycles. The predicted octanol–water partition coefficient (Wildman–Crippen LogP) is 6.07. The highest BCUT2D eigenvalue weighted by atomic mass is 31.2. The summed E-state index contributed by atoms with van der Waals surface area (Å²) in [6.07, 6.45) is 1.71. The molecular formula is C28H22FNOP+. The molecule has 156 valence electrons. The fraction of sp³-hybridized carbons (Fsp3) is 0.0357. The lowest BCUT2D eigenvalue weighted by atomic mass is 10.2. The molecule has 4 heteroatoms. The van der Waals surface area contributed by atoms with Crippen LogP contribution in [0.4, 0.5) is 4.39 Å². The van der Waals surface area contributed by atoms with Crippen molar-refractivity contribution in [2.24, 2.45) is 0 Å². The van der Waals surface area contributed by atoms with Crippen LogP contribution in [-0.4, -0.2) is 11.6 Å². The minimum absolute atomic E-state index is 0.273. The summed E-state index contributed by atoms with van der Waals surface area (Å²) in [5.41, 5.74) is 1.77. The molecule has 4 aromatic carbocycles. The van der Waals surface area contributed by atoms with E-state index in [1.807, 2.05) is 18.2 Å². The second-order valence-electron chi connectivity index (χ2n) is 7.73. The van der Waals surface area contributed by atoms with Crippen LogP contribution in [0.2, 0.25) is 0 Å². The Kier molecular flexibility index (Phi) is 5.43. The molecule has 0 radical (unpaired) electrons. The molecule has 0 fully saturated rings. The largest absolute Gasteiger partial charge is 0.436 e. The van der Waals surface area contributed by atoms with Crippen LogP contribution >= 0.6 is 7.26 Å².